The lowest BCUT2D eigenvalue weighted by atomic mass is 9.97. The SMILES string of the molecule is CCCc1cccc(CCC)c1NC1=CC(=Nc2c(C)cccc2C)CCC1. The molecule has 0 saturated carbocycles. The molecule has 0 radical (unpaired) electrons. The van der Waals surface area contributed by atoms with Crippen molar-refractivity contribution in [1.29, 1.82) is 0 Å². The van der Waals surface area contributed by atoms with E-state index in [1.165, 1.54) is 52.2 Å². The van der Waals surface area contributed by atoms with Gasteiger partial charge in [-0.1, -0.05) is 63.1 Å². The van der Waals surface area contributed by atoms with E-state index in [9.17, 15) is 0 Å². The molecule has 0 fully saturated rings. The molecule has 0 saturated heterocycles. The fourth-order valence-corrected chi connectivity index (χ4v) is 4.05. The molecule has 0 aliphatic heterocycles. The van der Waals surface area contributed by atoms with Gasteiger partial charge in [-0.25, -0.2) is 0 Å². The fraction of sp³-hybridized carbons (Fsp3) is 0.423. The topological polar surface area (TPSA) is 24.4 Å². The van der Waals surface area contributed by atoms with E-state index in [-0.39, 0.29) is 0 Å². The fourth-order valence-electron chi connectivity index (χ4n) is 4.05. The molecule has 0 spiro atoms. The number of allylic oxidation sites excluding steroid dienone is 2. The first-order valence-electron chi connectivity index (χ1n) is 10.8. The van der Waals surface area contributed by atoms with Crippen molar-refractivity contribution >= 4 is 17.1 Å². The van der Waals surface area contributed by atoms with Crippen LogP contribution in [0.2, 0.25) is 0 Å². The van der Waals surface area contributed by atoms with Crippen LogP contribution in [0.1, 0.15) is 68.2 Å². The summed E-state index contributed by atoms with van der Waals surface area (Å²) in [6, 6.07) is 13.2. The Bertz CT molecular complexity index is 829. The molecule has 2 aromatic carbocycles. The summed E-state index contributed by atoms with van der Waals surface area (Å²) < 4.78 is 0. The summed E-state index contributed by atoms with van der Waals surface area (Å²) in [5.41, 5.74) is 10.3. The van der Waals surface area contributed by atoms with E-state index in [0.29, 0.717) is 0 Å². The van der Waals surface area contributed by atoms with Crippen molar-refractivity contribution in [3.63, 3.8) is 0 Å². The molecule has 1 N–H and O–H groups in total. The summed E-state index contributed by atoms with van der Waals surface area (Å²) in [4.78, 5) is 5.03. The Kier molecular flexibility index (Phi) is 7.08. The van der Waals surface area contributed by atoms with Gasteiger partial charge in [-0.3, -0.25) is 4.99 Å². The summed E-state index contributed by atoms with van der Waals surface area (Å²) in [6.07, 6.45) is 10.2. The molecule has 0 heterocycles. The molecule has 0 atom stereocenters. The second-order valence-corrected chi connectivity index (χ2v) is 7.94. The van der Waals surface area contributed by atoms with Crippen LogP contribution in [0.3, 0.4) is 0 Å². The zero-order valence-corrected chi connectivity index (χ0v) is 17.9. The van der Waals surface area contributed by atoms with Crippen molar-refractivity contribution in [1.82, 2.24) is 0 Å². The Hall–Kier alpha value is -2.35. The summed E-state index contributed by atoms with van der Waals surface area (Å²) >= 11 is 0. The van der Waals surface area contributed by atoms with E-state index >= 15 is 0 Å². The van der Waals surface area contributed by atoms with E-state index in [0.717, 1.165) is 37.8 Å². The van der Waals surface area contributed by atoms with Crippen LogP contribution < -0.4 is 5.32 Å². The van der Waals surface area contributed by atoms with Crippen molar-refractivity contribution in [2.45, 2.75) is 72.6 Å². The maximum absolute atomic E-state index is 5.03. The second kappa shape index (κ2) is 9.73. The highest BCUT2D eigenvalue weighted by molar-refractivity contribution is 5.98. The van der Waals surface area contributed by atoms with Crippen LogP contribution >= 0.6 is 0 Å². The molecule has 1 aliphatic rings. The first-order chi connectivity index (χ1) is 13.6. The number of aliphatic imine (C=N–C) groups is 1. The maximum Gasteiger partial charge on any atom is 0.0691 e. The third-order valence-electron chi connectivity index (χ3n) is 5.48. The van der Waals surface area contributed by atoms with E-state index in [4.69, 9.17) is 4.99 Å². The number of rotatable bonds is 7. The number of nitrogens with zero attached hydrogens (tertiary/aromatic N) is 1. The van der Waals surface area contributed by atoms with Gasteiger partial charge in [0.1, 0.15) is 0 Å². The van der Waals surface area contributed by atoms with Crippen LogP contribution in [0.4, 0.5) is 11.4 Å². The Balaban J connectivity index is 1.91. The average molecular weight is 375 g/mol. The average Bonchev–Trinajstić information content (AvgIpc) is 2.68. The van der Waals surface area contributed by atoms with Crippen LogP contribution in [0.25, 0.3) is 0 Å². The van der Waals surface area contributed by atoms with Gasteiger partial charge < -0.3 is 5.32 Å². The first kappa shape index (κ1) is 20.4. The zero-order chi connectivity index (χ0) is 19.9. The first-order valence-corrected chi connectivity index (χ1v) is 10.8. The van der Waals surface area contributed by atoms with Gasteiger partial charge in [0.25, 0.3) is 0 Å². The number of hydrogen-bond acceptors (Lipinski definition) is 2. The minimum atomic E-state index is 1.05. The van der Waals surface area contributed by atoms with E-state index in [1.807, 2.05) is 0 Å². The monoisotopic (exact) mass is 374 g/mol. The number of para-hydroxylation sites is 2. The molecule has 0 aromatic heterocycles. The Morgan fingerprint density at radius 3 is 2.07 bits per heavy atom. The number of hydrogen-bond donors (Lipinski definition) is 1. The molecule has 0 amide bonds. The molecular formula is C26H34N2. The zero-order valence-electron chi connectivity index (χ0n) is 17.9. The molecule has 2 aromatic rings. The highest BCUT2D eigenvalue weighted by atomic mass is 14.9. The molecule has 0 bridgehead atoms. The van der Waals surface area contributed by atoms with Crippen molar-refractivity contribution < 1.29 is 0 Å². The molecule has 0 unspecified atom stereocenters. The third kappa shape index (κ3) is 4.92. The molecule has 148 valence electrons. The maximum atomic E-state index is 5.03. The van der Waals surface area contributed by atoms with Crippen LogP contribution in [0.15, 0.2) is 53.2 Å². The molecule has 2 heteroatoms. The summed E-state index contributed by atoms with van der Waals surface area (Å²) in [5, 5.41) is 3.81. The number of anilines is 1. The van der Waals surface area contributed by atoms with Gasteiger partial charge in [-0.05, 0) is 74.3 Å². The highest BCUT2D eigenvalue weighted by Crippen LogP contribution is 2.29. The predicted octanol–water partition coefficient (Wildman–Crippen LogP) is 7.46. The predicted molar refractivity (Wildman–Crippen MR) is 123 cm³/mol. The quantitative estimate of drug-likeness (QED) is 0.534. The lowest BCUT2D eigenvalue weighted by Gasteiger charge is -2.21. The van der Waals surface area contributed by atoms with E-state index < -0.39 is 0 Å². The standard InChI is InChI=1S/C26H34N2/c1-5-10-21-14-8-15-22(11-6-2)26(21)28-24-17-9-16-23(18-24)27-25-19(3)12-7-13-20(25)4/h7-8,12-15,18,28H,5-6,9-11,16-17H2,1-4H3. The number of aryl methyl sites for hydroxylation is 4. The van der Waals surface area contributed by atoms with E-state index in [2.05, 4.69) is 75.5 Å². The van der Waals surface area contributed by atoms with Gasteiger partial charge in [0, 0.05) is 17.1 Å². The summed E-state index contributed by atoms with van der Waals surface area (Å²) in [6.45, 7) is 8.81. The van der Waals surface area contributed by atoms with Crippen molar-refractivity contribution in [2.24, 2.45) is 4.99 Å². The van der Waals surface area contributed by atoms with Crippen LogP contribution in [-0.4, -0.2) is 5.71 Å². The normalized spacial score (nSPS) is 15.6. The molecule has 2 nitrogen and oxygen atoms in total. The molecule has 1 aliphatic carbocycles. The van der Waals surface area contributed by atoms with Gasteiger partial charge in [0.2, 0.25) is 0 Å². The number of nitrogens with one attached hydrogen (secondary N) is 1. The van der Waals surface area contributed by atoms with E-state index in [1.54, 1.807) is 0 Å². The van der Waals surface area contributed by atoms with Crippen molar-refractivity contribution in [2.75, 3.05) is 5.32 Å². The largest absolute Gasteiger partial charge is 0.358 e. The Morgan fingerprint density at radius 2 is 1.46 bits per heavy atom. The molecule has 3 rings (SSSR count). The highest BCUT2D eigenvalue weighted by Gasteiger charge is 2.14. The van der Waals surface area contributed by atoms with Crippen LogP contribution in [0, 0.1) is 13.8 Å². The molecule has 28 heavy (non-hydrogen) atoms. The van der Waals surface area contributed by atoms with Crippen LogP contribution in [0.5, 0.6) is 0 Å². The second-order valence-electron chi connectivity index (χ2n) is 7.94. The smallest absolute Gasteiger partial charge is 0.0691 e. The van der Waals surface area contributed by atoms with Crippen molar-refractivity contribution in [3.05, 3.63) is 70.4 Å². The lowest BCUT2D eigenvalue weighted by Crippen LogP contribution is -2.12. The van der Waals surface area contributed by atoms with Crippen molar-refractivity contribution in [3.8, 4) is 0 Å². The molecular weight excluding hydrogens is 340 g/mol. The Morgan fingerprint density at radius 1 is 0.857 bits per heavy atom. The van der Waals surface area contributed by atoms with Gasteiger partial charge >= 0.3 is 0 Å². The summed E-state index contributed by atoms with van der Waals surface area (Å²) in [5.74, 6) is 0. The van der Waals surface area contributed by atoms with Crippen LogP contribution in [-0.2, 0) is 12.8 Å². The lowest BCUT2D eigenvalue weighted by molar-refractivity contribution is 0.834. The van der Waals surface area contributed by atoms with Gasteiger partial charge in [-0.15, -0.1) is 0 Å². The third-order valence-corrected chi connectivity index (χ3v) is 5.48. The minimum Gasteiger partial charge on any atom is -0.358 e. The van der Waals surface area contributed by atoms with Gasteiger partial charge in [0.15, 0.2) is 0 Å². The minimum absolute atomic E-state index is 1.05. The Labute approximate surface area is 170 Å². The number of benzene rings is 2. The van der Waals surface area contributed by atoms with Gasteiger partial charge in [0.05, 0.1) is 5.69 Å². The summed E-state index contributed by atoms with van der Waals surface area (Å²) in [7, 11) is 0. The van der Waals surface area contributed by atoms with Gasteiger partial charge in [-0.2, -0.15) is 0 Å².